The Morgan fingerprint density at radius 2 is 1.39 bits per heavy atom. The monoisotopic (exact) mass is 348 g/mol. The highest BCUT2D eigenvalue weighted by Gasteiger charge is 2.47. The smallest absolute Gasteiger partial charge is 0.141 e. The minimum Gasteiger partial charge on any atom is -0.424 e. The quantitative estimate of drug-likeness (QED) is 0.689. The zero-order valence-corrected chi connectivity index (χ0v) is 16.0. The average Bonchev–Trinajstić information content (AvgIpc) is 2.67. The molecule has 0 radical (unpaired) electrons. The van der Waals surface area contributed by atoms with Gasteiger partial charge in [0.05, 0.1) is 5.56 Å². The maximum Gasteiger partial charge on any atom is 0.141 e. The Labute approximate surface area is 138 Å². The van der Waals surface area contributed by atoms with Crippen LogP contribution in [0.5, 0.6) is 0 Å². The standard InChI is InChI=1S/C17H22F2N2Si2/c1-22(2)9-10-23(3,4)21(22)14-11-15(18)17(16(19)12-14)13-5-7-20-8-6-13/h5-8,11-12H,9-10H2,1-4H3. The van der Waals surface area contributed by atoms with E-state index in [9.17, 15) is 8.78 Å². The highest BCUT2D eigenvalue weighted by atomic mass is 28.4. The van der Waals surface area contributed by atoms with E-state index in [1.807, 2.05) is 0 Å². The minimum atomic E-state index is -1.64. The number of nitrogens with zero attached hydrogens (tertiary/aromatic N) is 2. The summed E-state index contributed by atoms with van der Waals surface area (Å²) in [5.74, 6) is -0.986. The van der Waals surface area contributed by atoms with Gasteiger partial charge in [0.1, 0.15) is 28.1 Å². The molecule has 2 nitrogen and oxygen atoms in total. The normalized spacial score (nSPS) is 19.1. The van der Waals surface area contributed by atoms with Crippen molar-refractivity contribution in [3.05, 3.63) is 48.3 Å². The maximum atomic E-state index is 14.7. The molecule has 0 bridgehead atoms. The third kappa shape index (κ3) is 2.85. The zero-order chi connectivity index (χ0) is 16.8. The lowest BCUT2D eigenvalue weighted by Crippen LogP contribution is -2.55. The first-order valence-electron chi connectivity index (χ1n) is 7.92. The van der Waals surface area contributed by atoms with Gasteiger partial charge >= 0.3 is 0 Å². The van der Waals surface area contributed by atoms with Crippen LogP contribution in [0.15, 0.2) is 36.7 Å². The predicted octanol–water partition coefficient (Wildman–Crippen LogP) is 5.26. The summed E-state index contributed by atoms with van der Waals surface area (Å²) in [5, 5.41) is 0. The first-order chi connectivity index (χ1) is 10.7. The zero-order valence-electron chi connectivity index (χ0n) is 14.0. The van der Waals surface area contributed by atoms with E-state index in [0.29, 0.717) is 5.56 Å². The average molecular weight is 349 g/mol. The largest absolute Gasteiger partial charge is 0.424 e. The Morgan fingerprint density at radius 3 is 1.87 bits per heavy atom. The Morgan fingerprint density at radius 1 is 0.913 bits per heavy atom. The number of hydrogen-bond acceptors (Lipinski definition) is 2. The fourth-order valence-electron chi connectivity index (χ4n) is 3.84. The van der Waals surface area contributed by atoms with Gasteiger partial charge < -0.3 is 4.23 Å². The summed E-state index contributed by atoms with van der Waals surface area (Å²) in [4.78, 5) is 3.91. The number of halogens is 2. The summed E-state index contributed by atoms with van der Waals surface area (Å²) in [6.45, 7) is 9.17. The lowest BCUT2D eigenvalue weighted by atomic mass is 10.1. The summed E-state index contributed by atoms with van der Waals surface area (Å²) in [5.41, 5.74) is 1.29. The number of aromatic nitrogens is 1. The molecule has 0 spiro atoms. The number of benzene rings is 1. The van der Waals surface area contributed by atoms with E-state index in [0.717, 1.165) is 5.69 Å². The van der Waals surface area contributed by atoms with Gasteiger partial charge in [-0.05, 0) is 41.9 Å². The molecule has 122 valence electrons. The Bertz CT molecular complexity index is 694. The van der Waals surface area contributed by atoms with Crippen molar-refractivity contribution in [2.45, 2.75) is 38.3 Å². The van der Waals surface area contributed by atoms with E-state index >= 15 is 0 Å². The van der Waals surface area contributed by atoms with Crippen molar-refractivity contribution in [3.8, 4) is 11.1 Å². The van der Waals surface area contributed by atoms with Crippen LogP contribution in [0.4, 0.5) is 14.5 Å². The second kappa shape index (κ2) is 5.52. The predicted molar refractivity (Wildman–Crippen MR) is 96.6 cm³/mol. The molecule has 2 aromatic rings. The molecule has 2 heterocycles. The molecular formula is C17H22F2N2Si2. The van der Waals surface area contributed by atoms with Crippen LogP contribution in [0.1, 0.15) is 0 Å². The highest BCUT2D eigenvalue weighted by molar-refractivity contribution is 7.04. The molecule has 3 rings (SSSR count). The van der Waals surface area contributed by atoms with Crippen molar-refractivity contribution < 1.29 is 8.78 Å². The van der Waals surface area contributed by atoms with Crippen molar-refractivity contribution in [2.24, 2.45) is 0 Å². The second-order valence-electron chi connectivity index (χ2n) is 7.48. The SMILES string of the molecule is C[Si]1(C)CC[Si](C)(C)N1c1cc(F)c(-c2ccncc2)c(F)c1. The molecule has 1 fully saturated rings. The molecule has 0 atom stereocenters. The first kappa shape index (κ1) is 16.3. The molecule has 1 aliphatic heterocycles. The lowest BCUT2D eigenvalue weighted by molar-refractivity contribution is 0.590. The van der Waals surface area contributed by atoms with E-state index < -0.39 is 28.1 Å². The summed E-state index contributed by atoms with van der Waals surface area (Å²) >= 11 is 0. The molecule has 0 N–H and O–H groups in total. The Kier molecular flexibility index (Phi) is 3.92. The lowest BCUT2D eigenvalue weighted by Gasteiger charge is -2.41. The van der Waals surface area contributed by atoms with Gasteiger partial charge in [0, 0.05) is 18.1 Å². The van der Waals surface area contributed by atoms with Crippen LogP contribution in [0.3, 0.4) is 0 Å². The Hall–Kier alpha value is -1.54. The van der Waals surface area contributed by atoms with Crippen LogP contribution >= 0.6 is 0 Å². The summed E-state index contributed by atoms with van der Waals surface area (Å²) in [7, 11) is -3.27. The van der Waals surface area contributed by atoms with Gasteiger partial charge in [-0.3, -0.25) is 4.98 Å². The van der Waals surface area contributed by atoms with Gasteiger partial charge in [-0.25, -0.2) is 8.78 Å². The van der Waals surface area contributed by atoms with E-state index in [1.165, 1.54) is 24.2 Å². The summed E-state index contributed by atoms with van der Waals surface area (Å²) in [6.07, 6.45) is 3.10. The van der Waals surface area contributed by atoms with Gasteiger partial charge in [-0.1, -0.05) is 26.2 Å². The molecule has 0 aliphatic carbocycles. The third-order valence-electron chi connectivity index (χ3n) is 4.81. The topological polar surface area (TPSA) is 16.1 Å². The van der Waals surface area contributed by atoms with Crippen LogP contribution in [-0.4, -0.2) is 21.5 Å². The van der Waals surface area contributed by atoms with Gasteiger partial charge in [0.2, 0.25) is 0 Å². The molecule has 6 heteroatoms. The Balaban J connectivity index is 2.11. The van der Waals surface area contributed by atoms with Crippen molar-refractivity contribution in [3.63, 3.8) is 0 Å². The molecule has 1 aliphatic rings. The number of anilines is 1. The molecule has 1 saturated heterocycles. The van der Waals surface area contributed by atoms with Crippen molar-refractivity contribution in [1.29, 1.82) is 0 Å². The van der Waals surface area contributed by atoms with Crippen molar-refractivity contribution in [2.75, 3.05) is 4.23 Å². The fourth-order valence-corrected chi connectivity index (χ4v) is 18.1. The highest BCUT2D eigenvalue weighted by Crippen LogP contribution is 2.42. The second-order valence-corrected chi connectivity index (χ2v) is 17.1. The van der Waals surface area contributed by atoms with E-state index in [1.54, 1.807) is 24.5 Å². The minimum absolute atomic E-state index is 0.0364. The molecule has 1 aromatic carbocycles. The van der Waals surface area contributed by atoms with Crippen LogP contribution in [0, 0.1) is 11.6 Å². The van der Waals surface area contributed by atoms with E-state index in [2.05, 4.69) is 35.4 Å². The van der Waals surface area contributed by atoms with Crippen LogP contribution < -0.4 is 4.23 Å². The van der Waals surface area contributed by atoms with E-state index in [4.69, 9.17) is 0 Å². The van der Waals surface area contributed by atoms with Gasteiger partial charge in [0.15, 0.2) is 0 Å². The van der Waals surface area contributed by atoms with Gasteiger partial charge in [-0.15, -0.1) is 0 Å². The summed E-state index contributed by atoms with van der Waals surface area (Å²) < 4.78 is 31.8. The molecule has 0 unspecified atom stereocenters. The van der Waals surface area contributed by atoms with E-state index in [-0.39, 0.29) is 5.56 Å². The van der Waals surface area contributed by atoms with Crippen molar-refractivity contribution >= 4 is 22.2 Å². The fraction of sp³-hybridized carbons (Fsp3) is 0.353. The molecule has 0 amide bonds. The number of pyridine rings is 1. The third-order valence-corrected chi connectivity index (χ3v) is 14.8. The van der Waals surface area contributed by atoms with Crippen LogP contribution in [0.25, 0.3) is 11.1 Å². The number of rotatable bonds is 2. The van der Waals surface area contributed by atoms with Crippen LogP contribution in [0.2, 0.25) is 38.3 Å². The van der Waals surface area contributed by atoms with Crippen LogP contribution in [-0.2, 0) is 0 Å². The number of hydrogen-bond donors (Lipinski definition) is 0. The maximum absolute atomic E-state index is 14.7. The summed E-state index contributed by atoms with van der Waals surface area (Å²) in [6, 6.07) is 8.70. The first-order valence-corrected chi connectivity index (χ1v) is 14.2. The molecule has 23 heavy (non-hydrogen) atoms. The molecule has 0 saturated carbocycles. The van der Waals surface area contributed by atoms with Gasteiger partial charge in [-0.2, -0.15) is 0 Å². The van der Waals surface area contributed by atoms with Gasteiger partial charge in [0.25, 0.3) is 0 Å². The molecule has 1 aromatic heterocycles. The van der Waals surface area contributed by atoms with Crippen molar-refractivity contribution in [1.82, 2.24) is 4.98 Å². The molecular weight excluding hydrogens is 326 g/mol.